The van der Waals surface area contributed by atoms with E-state index in [2.05, 4.69) is 71.6 Å². The number of fused-ring (bicyclic) bond motifs is 1. The average Bonchev–Trinajstić information content (AvgIpc) is 3.13. The fourth-order valence-corrected chi connectivity index (χ4v) is 4.45. The Morgan fingerprint density at radius 3 is 2.69 bits per heavy atom. The third-order valence-electron chi connectivity index (χ3n) is 4.66. The molecule has 1 N–H and O–H groups in total. The molecular formula is C22H23N3S. The van der Waals surface area contributed by atoms with Crippen LogP contribution in [0.15, 0.2) is 59.7 Å². The molecule has 0 radical (unpaired) electrons. The SMILES string of the molecule is Cc1cc(C)cc(CC(NC2=NCCS2)c2cccc3ncccc23)c1. The second-order valence-electron chi connectivity index (χ2n) is 6.85. The molecule has 4 rings (SSSR count). The van der Waals surface area contributed by atoms with E-state index >= 15 is 0 Å². The molecule has 2 aromatic carbocycles. The van der Waals surface area contributed by atoms with Gasteiger partial charge < -0.3 is 5.32 Å². The van der Waals surface area contributed by atoms with E-state index in [1.165, 1.54) is 27.6 Å². The van der Waals surface area contributed by atoms with Gasteiger partial charge in [0.05, 0.1) is 18.1 Å². The van der Waals surface area contributed by atoms with E-state index in [1.807, 2.05) is 24.0 Å². The zero-order valence-corrected chi connectivity index (χ0v) is 16.0. The van der Waals surface area contributed by atoms with Crippen LogP contribution in [0.5, 0.6) is 0 Å². The maximum Gasteiger partial charge on any atom is 0.157 e. The van der Waals surface area contributed by atoms with Crippen molar-refractivity contribution in [2.45, 2.75) is 26.3 Å². The molecule has 1 aromatic heterocycles. The van der Waals surface area contributed by atoms with Crippen molar-refractivity contribution in [3.8, 4) is 0 Å². The fourth-order valence-electron chi connectivity index (χ4n) is 3.66. The standard InChI is InChI=1S/C22H23N3S/c1-15-11-16(2)13-17(12-15)14-21(25-22-24-9-10-26-22)19-5-3-7-20-18(19)6-4-8-23-20/h3-8,11-13,21H,9-10,14H2,1-2H3,(H,24,25). The number of thioether (sulfide) groups is 1. The number of hydrogen-bond donors (Lipinski definition) is 1. The van der Waals surface area contributed by atoms with Gasteiger partial charge in [-0.05, 0) is 43.5 Å². The van der Waals surface area contributed by atoms with Crippen molar-refractivity contribution in [2.24, 2.45) is 4.99 Å². The fraction of sp³-hybridized carbons (Fsp3) is 0.273. The number of nitrogens with zero attached hydrogens (tertiary/aromatic N) is 2. The number of pyridine rings is 1. The topological polar surface area (TPSA) is 37.3 Å². The summed E-state index contributed by atoms with van der Waals surface area (Å²) in [5.41, 5.74) is 6.30. The summed E-state index contributed by atoms with van der Waals surface area (Å²) in [4.78, 5) is 9.14. The van der Waals surface area contributed by atoms with Crippen molar-refractivity contribution < 1.29 is 0 Å². The molecule has 132 valence electrons. The van der Waals surface area contributed by atoms with E-state index < -0.39 is 0 Å². The highest BCUT2D eigenvalue weighted by Gasteiger charge is 2.19. The lowest BCUT2D eigenvalue weighted by Crippen LogP contribution is -2.27. The smallest absolute Gasteiger partial charge is 0.157 e. The van der Waals surface area contributed by atoms with Crippen LogP contribution in [0.4, 0.5) is 0 Å². The van der Waals surface area contributed by atoms with E-state index in [0.29, 0.717) is 0 Å². The number of nitrogens with one attached hydrogen (secondary N) is 1. The molecule has 4 heteroatoms. The number of aliphatic imine (C=N–C) groups is 1. The molecule has 1 unspecified atom stereocenters. The largest absolute Gasteiger partial charge is 0.358 e. The lowest BCUT2D eigenvalue weighted by atomic mass is 9.94. The molecule has 1 atom stereocenters. The summed E-state index contributed by atoms with van der Waals surface area (Å²) in [6, 6.07) is 17.5. The second kappa shape index (κ2) is 7.50. The maximum absolute atomic E-state index is 4.61. The lowest BCUT2D eigenvalue weighted by molar-refractivity contribution is 0.652. The van der Waals surface area contributed by atoms with Crippen LogP contribution in [0.1, 0.15) is 28.3 Å². The third kappa shape index (κ3) is 3.75. The molecule has 0 amide bonds. The highest BCUT2D eigenvalue weighted by atomic mass is 32.2. The average molecular weight is 362 g/mol. The molecule has 2 heterocycles. The van der Waals surface area contributed by atoms with Crippen LogP contribution < -0.4 is 5.32 Å². The van der Waals surface area contributed by atoms with Crippen molar-refractivity contribution in [3.05, 3.63) is 77.0 Å². The van der Waals surface area contributed by atoms with Crippen LogP contribution in [-0.4, -0.2) is 22.4 Å². The van der Waals surface area contributed by atoms with E-state index in [-0.39, 0.29) is 6.04 Å². The zero-order valence-electron chi connectivity index (χ0n) is 15.2. The van der Waals surface area contributed by atoms with E-state index in [0.717, 1.165) is 29.4 Å². The Kier molecular flexibility index (Phi) is 4.93. The minimum atomic E-state index is 0.174. The van der Waals surface area contributed by atoms with E-state index in [9.17, 15) is 0 Å². The Morgan fingerprint density at radius 2 is 1.92 bits per heavy atom. The minimum absolute atomic E-state index is 0.174. The number of hydrogen-bond acceptors (Lipinski definition) is 4. The van der Waals surface area contributed by atoms with E-state index in [4.69, 9.17) is 0 Å². The first-order chi connectivity index (χ1) is 12.7. The molecule has 1 aliphatic rings. The molecule has 0 bridgehead atoms. The van der Waals surface area contributed by atoms with Crippen molar-refractivity contribution in [3.63, 3.8) is 0 Å². The summed E-state index contributed by atoms with van der Waals surface area (Å²) < 4.78 is 0. The summed E-state index contributed by atoms with van der Waals surface area (Å²) in [6.07, 6.45) is 2.78. The Balaban J connectivity index is 1.74. The summed E-state index contributed by atoms with van der Waals surface area (Å²) in [7, 11) is 0. The molecule has 3 aromatic rings. The predicted molar refractivity (Wildman–Crippen MR) is 112 cm³/mol. The Hall–Kier alpha value is -2.33. The van der Waals surface area contributed by atoms with Gasteiger partial charge in [0.2, 0.25) is 0 Å². The summed E-state index contributed by atoms with van der Waals surface area (Å²) in [6.45, 7) is 5.23. The Bertz CT molecular complexity index is 939. The molecule has 0 fully saturated rings. The first-order valence-corrected chi connectivity index (χ1v) is 10.0. The normalized spacial score (nSPS) is 15.1. The summed E-state index contributed by atoms with van der Waals surface area (Å²) in [5, 5.41) is 5.96. The van der Waals surface area contributed by atoms with Gasteiger partial charge in [-0.2, -0.15) is 0 Å². The van der Waals surface area contributed by atoms with Crippen molar-refractivity contribution in [1.82, 2.24) is 10.3 Å². The maximum atomic E-state index is 4.61. The highest BCUT2D eigenvalue weighted by molar-refractivity contribution is 8.14. The molecule has 1 aliphatic heterocycles. The van der Waals surface area contributed by atoms with Crippen molar-refractivity contribution >= 4 is 27.8 Å². The Morgan fingerprint density at radius 1 is 1.08 bits per heavy atom. The summed E-state index contributed by atoms with van der Waals surface area (Å²) >= 11 is 1.81. The molecule has 26 heavy (non-hydrogen) atoms. The van der Waals surface area contributed by atoms with Gasteiger partial charge >= 0.3 is 0 Å². The van der Waals surface area contributed by atoms with Gasteiger partial charge in [-0.1, -0.05) is 59.3 Å². The highest BCUT2D eigenvalue weighted by Crippen LogP contribution is 2.28. The molecule has 0 saturated heterocycles. The second-order valence-corrected chi connectivity index (χ2v) is 7.93. The third-order valence-corrected chi connectivity index (χ3v) is 5.57. The number of aryl methyl sites for hydroxylation is 2. The molecular weight excluding hydrogens is 338 g/mol. The monoisotopic (exact) mass is 361 g/mol. The van der Waals surface area contributed by atoms with Crippen LogP contribution in [0, 0.1) is 13.8 Å². The zero-order chi connectivity index (χ0) is 17.9. The number of aromatic nitrogens is 1. The van der Waals surface area contributed by atoms with Gasteiger partial charge in [0.1, 0.15) is 0 Å². The summed E-state index contributed by atoms with van der Waals surface area (Å²) in [5.74, 6) is 1.07. The minimum Gasteiger partial charge on any atom is -0.358 e. The van der Waals surface area contributed by atoms with Crippen LogP contribution in [0.25, 0.3) is 10.9 Å². The van der Waals surface area contributed by atoms with Crippen LogP contribution in [0.2, 0.25) is 0 Å². The Labute approximate surface area is 159 Å². The van der Waals surface area contributed by atoms with Crippen molar-refractivity contribution in [1.29, 1.82) is 0 Å². The number of benzene rings is 2. The number of amidine groups is 1. The lowest BCUT2D eigenvalue weighted by Gasteiger charge is -2.22. The van der Waals surface area contributed by atoms with Gasteiger partial charge in [0, 0.05) is 17.3 Å². The van der Waals surface area contributed by atoms with Gasteiger partial charge in [-0.3, -0.25) is 9.98 Å². The van der Waals surface area contributed by atoms with Crippen LogP contribution >= 0.6 is 11.8 Å². The molecule has 0 aliphatic carbocycles. The molecule has 0 spiro atoms. The van der Waals surface area contributed by atoms with Gasteiger partial charge in [-0.25, -0.2) is 0 Å². The van der Waals surface area contributed by atoms with Crippen LogP contribution in [0.3, 0.4) is 0 Å². The van der Waals surface area contributed by atoms with Gasteiger partial charge in [0.15, 0.2) is 5.17 Å². The molecule has 0 saturated carbocycles. The van der Waals surface area contributed by atoms with Crippen LogP contribution in [-0.2, 0) is 6.42 Å². The van der Waals surface area contributed by atoms with Gasteiger partial charge in [0.25, 0.3) is 0 Å². The number of rotatable bonds is 4. The van der Waals surface area contributed by atoms with E-state index in [1.54, 1.807) is 0 Å². The van der Waals surface area contributed by atoms with Gasteiger partial charge in [-0.15, -0.1) is 0 Å². The quantitative estimate of drug-likeness (QED) is 0.723. The van der Waals surface area contributed by atoms with Crippen molar-refractivity contribution in [2.75, 3.05) is 12.3 Å². The first-order valence-electron chi connectivity index (χ1n) is 9.04. The first kappa shape index (κ1) is 17.1. The molecule has 3 nitrogen and oxygen atoms in total. The predicted octanol–water partition coefficient (Wildman–Crippen LogP) is 4.83.